The van der Waals surface area contributed by atoms with Crippen LogP contribution >= 0.6 is 0 Å². The molecule has 208 valence electrons. The maximum absolute atomic E-state index is 14.1. The van der Waals surface area contributed by atoms with Gasteiger partial charge in [0, 0.05) is 41.7 Å². The van der Waals surface area contributed by atoms with E-state index in [4.69, 9.17) is 4.74 Å². The van der Waals surface area contributed by atoms with E-state index in [1.165, 1.54) is 43.5 Å². The van der Waals surface area contributed by atoms with Gasteiger partial charge in [-0.15, -0.1) is 0 Å². The first kappa shape index (κ1) is 26.0. The van der Waals surface area contributed by atoms with Gasteiger partial charge in [0.25, 0.3) is 5.69 Å². The van der Waals surface area contributed by atoms with Crippen LogP contribution < -0.4 is 15.0 Å². The maximum atomic E-state index is 14.1. The first-order valence-corrected chi connectivity index (χ1v) is 12.7. The van der Waals surface area contributed by atoms with Gasteiger partial charge in [-0.05, 0) is 35.4 Å². The summed E-state index contributed by atoms with van der Waals surface area (Å²) in [5.41, 5.74) is -0.415. The van der Waals surface area contributed by atoms with Crippen LogP contribution in [-0.2, 0) is 20.8 Å². The summed E-state index contributed by atoms with van der Waals surface area (Å²) in [5.74, 6) is -5.36. The number of ether oxygens (including phenoxy) is 1. The normalized spacial score (nSPS) is 23.6. The second-order valence-corrected chi connectivity index (χ2v) is 10.2. The van der Waals surface area contributed by atoms with Crippen molar-refractivity contribution in [2.24, 2.45) is 11.8 Å². The Morgan fingerprint density at radius 3 is 2.61 bits per heavy atom. The fourth-order valence-corrected chi connectivity index (χ4v) is 6.19. The van der Waals surface area contributed by atoms with Crippen LogP contribution in [0.2, 0.25) is 0 Å². The van der Waals surface area contributed by atoms with Gasteiger partial charge in [0.1, 0.15) is 5.54 Å². The molecule has 2 saturated heterocycles. The predicted octanol–water partition coefficient (Wildman–Crippen LogP) is 3.31. The summed E-state index contributed by atoms with van der Waals surface area (Å²) in [4.78, 5) is 56.1. The number of nitro groups is 1. The third-order valence-electron chi connectivity index (χ3n) is 8.04. The zero-order chi connectivity index (χ0) is 29.1. The number of nitro benzene ring substituents is 1. The number of carboxylic acid groups (broad SMARTS) is 1. The number of fused-ring (bicyclic) bond motifs is 2. The number of H-pyrrole nitrogens is 1. The Kier molecular flexibility index (Phi) is 6.00. The summed E-state index contributed by atoms with van der Waals surface area (Å²) in [6.07, 6.45) is 1.55. The number of phenolic OH excluding ortho intramolecular Hbond substituents is 1. The van der Waals surface area contributed by atoms with Crippen LogP contribution in [0.3, 0.4) is 0 Å². The van der Waals surface area contributed by atoms with Gasteiger partial charge < -0.3 is 19.9 Å². The van der Waals surface area contributed by atoms with Gasteiger partial charge >= 0.3 is 5.97 Å². The topological polar surface area (TPSA) is 175 Å². The molecule has 2 fully saturated rings. The fourth-order valence-electron chi connectivity index (χ4n) is 6.19. The van der Waals surface area contributed by atoms with Crippen LogP contribution in [-0.4, -0.2) is 50.6 Å². The SMILES string of the molecule is COc1cc(C2NC(Cc3c[nH]c4ccccc34)(C(=O)O)C3C(=O)N(c4cccc([N+](=O)[O-])c4)C(=O)C23)ccc1O. The van der Waals surface area contributed by atoms with Crippen LogP contribution in [0.1, 0.15) is 17.2 Å². The summed E-state index contributed by atoms with van der Waals surface area (Å²) in [5, 5.41) is 36.2. The zero-order valence-electron chi connectivity index (χ0n) is 21.6. The number of benzene rings is 3. The number of phenols is 1. The molecule has 2 aliphatic rings. The monoisotopic (exact) mass is 556 g/mol. The Bertz CT molecular complexity index is 1750. The molecule has 0 radical (unpaired) electrons. The Morgan fingerprint density at radius 2 is 1.88 bits per heavy atom. The third kappa shape index (κ3) is 3.91. The fraction of sp³-hybridized carbons (Fsp3) is 0.207. The van der Waals surface area contributed by atoms with E-state index >= 15 is 0 Å². The van der Waals surface area contributed by atoms with E-state index in [0.29, 0.717) is 11.1 Å². The first-order chi connectivity index (χ1) is 19.7. The summed E-state index contributed by atoms with van der Waals surface area (Å²) in [6, 6.07) is 15.9. The molecule has 0 spiro atoms. The molecule has 2 amide bonds. The molecule has 6 rings (SSSR count). The highest BCUT2D eigenvalue weighted by Crippen LogP contribution is 2.52. The van der Waals surface area contributed by atoms with Gasteiger partial charge in [-0.2, -0.15) is 0 Å². The molecule has 1 aromatic heterocycles. The number of hydrogen-bond donors (Lipinski definition) is 4. The standard InChI is InChI=1S/C29H24N4O8/c1-41-22-11-15(9-10-21(22)34)25-23-24(27(36)32(26(23)35)17-5-4-6-18(12-17)33(39)40)29(31-25,28(37)38)13-16-14-30-20-8-3-2-7-19(16)20/h2-12,14,23-25,30-31,34H,13H2,1H3,(H,37,38). The first-order valence-electron chi connectivity index (χ1n) is 12.7. The molecular weight excluding hydrogens is 532 g/mol. The number of carbonyl (C=O) groups excluding carboxylic acids is 2. The number of hydrogen-bond acceptors (Lipinski definition) is 8. The average molecular weight is 557 g/mol. The minimum atomic E-state index is -1.92. The second kappa shape index (κ2) is 9.45. The number of aliphatic carboxylic acids is 1. The van der Waals surface area contributed by atoms with Crippen molar-refractivity contribution in [2.45, 2.75) is 18.0 Å². The Labute approximate surface area is 232 Å². The molecule has 41 heavy (non-hydrogen) atoms. The third-order valence-corrected chi connectivity index (χ3v) is 8.04. The minimum absolute atomic E-state index is 0.0166. The highest BCUT2D eigenvalue weighted by Gasteiger charge is 2.68. The zero-order valence-corrected chi connectivity index (χ0v) is 21.6. The number of imide groups is 1. The van der Waals surface area contributed by atoms with E-state index in [9.17, 15) is 34.7 Å². The lowest BCUT2D eigenvalue weighted by molar-refractivity contribution is -0.384. The number of nitrogens with zero attached hydrogens (tertiary/aromatic N) is 2. The lowest BCUT2D eigenvalue weighted by Gasteiger charge is -2.31. The van der Waals surface area contributed by atoms with Crippen LogP contribution in [0.4, 0.5) is 11.4 Å². The number of aromatic amines is 1. The number of para-hydroxylation sites is 1. The molecule has 0 saturated carbocycles. The molecule has 12 nitrogen and oxygen atoms in total. The molecule has 4 aromatic rings. The van der Waals surface area contributed by atoms with E-state index in [0.717, 1.165) is 21.9 Å². The Hall–Kier alpha value is -5.23. The number of carboxylic acids is 1. The molecular formula is C29H24N4O8. The molecule has 4 atom stereocenters. The molecule has 4 N–H and O–H groups in total. The Morgan fingerprint density at radius 1 is 1.10 bits per heavy atom. The number of aromatic hydroxyl groups is 1. The summed E-state index contributed by atoms with van der Waals surface area (Å²) >= 11 is 0. The highest BCUT2D eigenvalue weighted by atomic mass is 16.6. The molecule has 2 aliphatic heterocycles. The van der Waals surface area contributed by atoms with Gasteiger partial charge in [0.05, 0.1) is 29.6 Å². The van der Waals surface area contributed by atoms with Crippen molar-refractivity contribution >= 4 is 40.1 Å². The van der Waals surface area contributed by atoms with Gasteiger partial charge in [0.15, 0.2) is 11.5 Å². The van der Waals surface area contributed by atoms with Crippen LogP contribution in [0.15, 0.2) is 72.9 Å². The van der Waals surface area contributed by atoms with Crippen molar-refractivity contribution < 1.29 is 34.3 Å². The predicted molar refractivity (Wildman–Crippen MR) is 145 cm³/mol. The van der Waals surface area contributed by atoms with Crippen molar-refractivity contribution in [1.82, 2.24) is 10.3 Å². The van der Waals surface area contributed by atoms with Gasteiger partial charge in [-0.3, -0.25) is 29.8 Å². The van der Waals surface area contributed by atoms with Crippen molar-refractivity contribution in [1.29, 1.82) is 0 Å². The molecule has 12 heteroatoms. The minimum Gasteiger partial charge on any atom is -0.504 e. The average Bonchev–Trinajstić information content (AvgIpc) is 3.61. The summed E-state index contributed by atoms with van der Waals surface area (Å²) < 4.78 is 5.24. The number of amides is 2. The van der Waals surface area contributed by atoms with Crippen molar-refractivity contribution in [2.75, 3.05) is 12.0 Å². The number of non-ortho nitro benzene ring substituents is 1. The maximum Gasteiger partial charge on any atom is 0.325 e. The summed E-state index contributed by atoms with van der Waals surface area (Å²) in [6.45, 7) is 0. The number of carbonyl (C=O) groups is 3. The van der Waals surface area contributed by atoms with E-state index in [2.05, 4.69) is 10.3 Å². The van der Waals surface area contributed by atoms with Crippen molar-refractivity contribution in [3.63, 3.8) is 0 Å². The van der Waals surface area contributed by atoms with Crippen LogP contribution in [0.5, 0.6) is 11.5 Å². The number of anilines is 1. The van der Waals surface area contributed by atoms with Crippen molar-refractivity contribution in [3.05, 3.63) is 94.2 Å². The largest absolute Gasteiger partial charge is 0.504 e. The number of nitrogens with one attached hydrogen (secondary N) is 2. The van der Waals surface area contributed by atoms with Crippen LogP contribution in [0.25, 0.3) is 10.9 Å². The molecule has 3 heterocycles. The van der Waals surface area contributed by atoms with Gasteiger partial charge in [-0.1, -0.05) is 30.3 Å². The highest BCUT2D eigenvalue weighted by molar-refractivity contribution is 6.24. The molecule has 3 aromatic carbocycles. The van der Waals surface area contributed by atoms with Crippen molar-refractivity contribution in [3.8, 4) is 11.5 Å². The van der Waals surface area contributed by atoms with E-state index < -0.39 is 46.1 Å². The van der Waals surface area contributed by atoms with Gasteiger partial charge in [0.2, 0.25) is 11.8 Å². The van der Waals surface area contributed by atoms with E-state index in [1.807, 2.05) is 24.3 Å². The number of methoxy groups -OCH3 is 1. The molecule has 4 unspecified atom stereocenters. The summed E-state index contributed by atoms with van der Waals surface area (Å²) in [7, 11) is 1.36. The number of aromatic nitrogens is 1. The molecule has 0 bridgehead atoms. The lowest BCUT2D eigenvalue weighted by Crippen LogP contribution is -2.57. The molecule has 0 aliphatic carbocycles. The number of rotatable bonds is 7. The van der Waals surface area contributed by atoms with E-state index in [-0.39, 0.29) is 29.3 Å². The van der Waals surface area contributed by atoms with Crippen LogP contribution in [0, 0.1) is 22.0 Å². The quantitative estimate of drug-likeness (QED) is 0.151. The Balaban J connectivity index is 1.52. The van der Waals surface area contributed by atoms with Gasteiger partial charge in [-0.25, -0.2) is 4.90 Å². The smallest absolute Gasteiger partial charge is 0.325 e. The second-order valence-electron chi connectivity index (χ2n) is 10.2. The van der Waals surface area contributed by atoms with E-state index in [1.54, 1.807) is 6.20 Å². The lowest BCUT2D eigenvalue weighted by atomic mass is 9.76.